The summed E-state index contributed by atoms with van der Waals surface area (Å²) in [7, 11) is 0. The van der Waals surface area contributed by atoms with Crippen molar-refractivity contribution in [1.29, 1.82) is 0 Å². The Balaban J connectivity index is 2.24. The maximum absolute atomic E-state index is 3.77. The summed E-state index contributed by atoms with van der Waals surface area (Å²) in [6, 6.07) is 7.32. The maximum Gasteiger partial charge on any atom is 0.0351 e. The van der Waals surface area contributed by atoms with Gasteiger partial charge in [0.05, 0.1) is 0 Å². The minimum Gasteiger partial charge on any atom is -0.310 e. The van der Waals surface area contributed by atoms with Gasteiger partial charge >= 0.3 is 0 Å². The predicted octanol–water partition coefficient (Wildman–Crippen LogP) is 5.03. The molecule has 0 amide bonds. The van der Waals surface area contributed by atoms with Crippen LogP contribution in [0.2, 0.25) is 0 Å². The van der Waals surface area contributed by atoms with E-state index >= 15 is 0 Å². The summed E-state index contributed by atoms with van der Waals surface area (Å²) < 4.78 is 0. The van der Waals surface area contributed by atoms with Gasteiger partial charge in [-0.25, -0.2) is 0 Å². The van der Waals surface area contributed by atoms with Crippen molar-refractivity contribution in [3.63, 3.8) is 0 Å². The lowest BCUT2D eigenvalue weighted by atomic mass is 9.71. The van der Waals surface area contributed by atoms with Crippen molar-refractivity contribution >= 4 is 0 Å². The lowest BCUT2D eigenvalue weighted by molar-refractivity contribution is 0.171. The summed E-state index contributed by atoms with van der Waals surface area (Å²) >= 11 is 0. The molecule has 0 saturated heterocycles. The van der Waals surface area contributed by atoms with E-state index in [1.54, 1.807) is 0 Å². The first kappa shape index (κ1) is 15.6. The van der Waals surface area contributed by atoms with Gasteiger partial charge in [0.1, 0.15) is 0 Å². The molecule has 0 heterocycles. The van der Waals surface area contributed by atoms with Gasteiger partial charge in [-0.3, -0.25) is 0 Å². The molecular formula is C19H31N. The molecule has 1 aliphatic rings. The fourth-order valence-electron chi connectivity index (χ4n) is 3.75. The van der Waals surface area contributed by atoms with Crippen molar-refractivity contribution in [2.24, 2.45) is 17.8 Å². The van der Waals surface area contributed by atoms with Gasteiger partial charge < -0.3 is 5.32 Å². The van der Waals surface area contributed by atoms with Crippen LogP contribution in [0.4, 0.5) is 0 Å². The highest BCUT2D eigenvalue weighted by atomic mass is 14.9. The summed E-state index contributed by atoms with van der Waals surface area (Å²) in [6.45, 7) is 12.6. The molecule has 112 valence electrons. The number of hydrogen-bond acceptors (Lipinski definition) is 1. The number of aryl methyl sites for hydroxylation is 1. The Kier molecular flexibility index (Phi) is 5.26. The molecule has 0 spiro atoms. The largest absolute Gasteiger partial charge is 0.310 e. The number of hydrogen-bond donors (Lipinski definition) is 1. The van der Waals surface area contributed by atoms with Crippen LogP contribution in [0.15, 0.2) is 18.2 Å². The minimum absolute atomic E-state index is 0.537. The van der Waals surface area contributed by atoms with Crippen molar-refractivity contribution in [2.45, 2.75) is 59.9 Å². The zero-order valence-corrected chi connectivity index (χ0v) is 13.9. The molecule has 1 fully saturated rings. The predicted molar refractivity (Wildman–Crippen MR) is 88.0 cm³/mol. The average molecular weight is 273 g/mol. The molecule has 4 unspecified atom stereocenters. The van der Waals surface area contributed by atoms with Gasteiger partial charge in [0.15, 0.2) is 0 Å². The maximum atomic E-state index is 3.77. The molecule has 2 rings (SSSR count). The SMILES string of the molecule is CCNC(c1cccc(C)c1C)C1CCC(C)C(C)C1. The van der Waals surface area contributed by atoms with E-state index in [9.17, 15) is 0 Å². The number of nitrogens with one attached hydrogen (secondary N) is 1. The van der Waals surface area contributed by atoms with Crippen LogP contribution in [-0.2, 0) is 0 Å². The second kappa shape index (κ2) is 6.76. The molecule has 1 nitrogen and oxygen atoms in total. The second-order valence-electron chi connectivity index (χ2n) is 6.85. The van der Waals surface area contributed by atoms with E-state index in [-0.39, 0.29) is 0 Å². The summed E-state index contributed by atoms with van der Waals surface area (Å²) in [6.07, 6.45) is 4.13. The van der Waals surface area contributed by atoms with E-state index < -0.39 is 0 Å². The van der Waals surface area contributed by atoms with Gasteiger partial charge in [-0.05, 0) is 67.7 Å². The van der Waals surface area contributed by atoms with Gasteiger partial charge in [-0.1, -0.05) is 45.4 Å². The van der Waals surface area contributed by atoms with Crippen LogP contribution in [-0.4, -0.2) is 6.54 Å². The average Bonchev–Trinajstić information content (AvgIpc) is 2.43. The lowest BCUT2D eigenvalue weighted by Crippen LogP contribution is -2.33. The molecule has 0 aliphatic heterocycles. The molecule has 0 aromatic heterocycles. The Hall–Kier alpha value is -0.820. The van der Waals surface area contributed by atoms with Crippen LogP contribution in [0.1, 0.15) is 62.8 Å². The van der Waals surface area contributed by atoms with Crippen molar-refractivity contribution < 1.29 is 0 Å². The zero-order chi connectivity index (χ0) is 14.7. The van der Waals surface area contributed by atoms with E-state index in [0.29, 0.717) is 6.04 Å². The minimum atomic E-state index is 0.537. The first-order valence-corrected chi connectivity index (χ1v) is 8.34. The third kappa shape index (κ3) is 3.25. The molecular weight excluding hydrogens is 242 g/mol. The van der Waals surface area contributed by atoms with Crippen molar-refractivity contribution in [1.82, 2.24) is 5.32 Å². The Morgan fingerprint density at radius 3 is 2.55 bits per heavy atom. The molecule has 1 saturated carbocycles. The third-order valence-electron chi connectivity index (χ3n) is 5.52. The van der Waals surface area contributed by atoms with E-state index in [2.05, 4.69) is 58.1 Å². The van der Waals surface area contributed by atoms with Gasteiger partial charge in [0.2, 0.25) is 0 Å². The smallest absolute Gasteiger partial charge is 0.0351 e. The van der Waals surface area contributed by atoms with Crippen molar-refractivity contribution in [3.05, 3.63) is 34.9 Å². The molecule has 20 heavy (non-hydrogen) atoms. The topological polar surface area (TPSA) is 12.0 Å². The van der Waals surface area contributed by atoms with Gasteiger partial charge in [-0.2, -0.15) is 0 Å². The highest BCUT2D eigenvalue weighted by Gasteiger charge is 2.31. The van der Waals surface area contributed by atoms with Crippen molar-refractivity contribution in [2.75, 3.05) is 6.54 Å². The van der Waals surface area contributed by atoms with Gasteiger partial charge in [-0.15, -0.1) is 0 Å². The monoisotopic (exact) mass is 273 g/mol. The molecule has 1 N–H and O–H groups in total. The summed E-state index contributed by atoms with van der Waals surface area (Å²) in [5.74, 6) is 2.55. The molecule has 1 aromatic carbocycles. The summed E-state index contributed by atoms with van der Waals surface area (Å²) in [5.41, 5.74) is 4.42. The van der Waals surface area contributed by atoms with E-state index in [1.165, 1.54) is 36.0 Å². The first-order valence-electron chi connectivity index (χ1n) is 8.34. The Morgan fingerprint density at radius 2 is 1.90 bits per heavy atom. The van der Waals surface area contributed by atoms with E-state index in [1.807, 2.05) is 0 Å². The molecule has 0 bridgehead atoms. The first-order chi connectivity index (χ1) is 9.54. The Morgan fingerprint density at radius 1 is 1.15 bits per heavy atom. The van der Waals surface area contributed by atoms with Crippen LogP contribution in [0.3, 0.4) is 0 Å². The number of benzene rings is 1. The van der Waals surface area contributed by atoms with Crippen LogP contribution in [0.25, 0.3) is 0 Å². The Bertz CT molecular complexity index is 437. The normalized spacial score (nSPS) is 28.4. The molecule has 1 heteroatoms. The zero-order valence-electron chi connectivity index (χ0n) is 13.9. The molecule has 1 aromatic rings. The van der Waals surface area contributed by atoms with Gasteiger partial charge in [0, 0.05) is 6.04 Å². The number of rotatable bonds is 4. The lowest BCUT2D eigenvalue weighted by Gasteiger charge is -2.38. The van der Waals surface area contributed by atoms with Crippen LogP contribution < -0.4 is 5.32 Å². The summed E-state index contributed by atoms with van der Waals surface area (Å²) in [4.78, 5) is 0. The van der Waals surface area contributed by atoms with Crippen LogP contribution >= 0.6 is 0 Å². The highest BCUT2D eigenvalue weighted by Crippen LogP contribution is 2.40. The molecule has 1 aliphatic carbocycles. The van der Waals surface area contributed by atoms with E-state index in [0.717, 1.165) is 24.3 Å². The fraction of sp³-hybridized carbons (Fsp3) is 0.684. The quantitative estimate of drug-likeness (QED) is 0.811. The third-order valence-corrected chi connectivity index (χ3v) is 5.52. The standard InChI is InChI=1S/C19H31N/c1-6-20-19(17-11-10-13(2)15(4)12-17)18-9-7-8-14(3)16(18)5/h7-9,13,15,17,19-20H,6,10-12H2,1-5H3. The van der Waals surface area contributed by atoms with Crippen LogP contribution in [0, 0.1) is 31.6 Å². The van der Waals surface area contributed by atoms with Crippen LogP contribution in [0.5, 0.6) is 0 Å². The van der Waals surface area contributed by atoms with Gasteiger partial charge in [0.25, 0.3) is 0 Å². The Labute approximate surface area is 125 Å². The molecule has 4 atom stereocenters. The second-order valence-corrected chi connectivity index (χ2v) is 6.85. The van der Waals surface area contributed by atoms with E-state index in [4.69, 9.17) is 0 Å². The fourth-order valence-corrected chi connectivity index (χ4v) is 3.75. The highest BCUT2D eigenvalue weighted by molar-refractivity contribution is 5.35. The summed E-state index contributed by atoms with van der Waals surface area (Å²) in [5, 5.41) is 3.77. The molecule has 0 radical (unpaired) electrons. The van der Waals surface area contributed by atoms with Crippen molar-refractivity contribution in [3.8, 4) is 0 Å².